The summed E-state index contributed by atoms with van der Waals surface area (Å²) in [6.45, 7) is 1.87. The topological polar surface area (TPSA) is 64.3 Å². The van der Waals surface area contributed by atoms with E-state index in [2.05, 4.69) is 5.32 Å². The lowest BCUT2D eigenvalue weighted by Crippen LogP contribution is -2.22. The number of nitrogen functional groups attached to an aromatic ring is 1. The molecule has 1 amide bonds. The van der Waals surface area contributed by atoms with Crippen molar-refractivity contribution in [1.82, 2.24) is 0 Å². The summed E-state index contributed by atoms with van der Waals surface area (Å²) in [6.07, 6.45) is 0. The Morgan fingerprint density at radius 1 is 1.24 bits per heavy atom. The summed E-state index contributed by atoms with van der Waals surface area (Å²) in [5.74, 6) is 0.735. The van der Waals surface area contributed by atoms with Crippen molar-refractivity contribution in [2.45, 2.75) is 17.1 Å². The van der Waals surface area contributed by atoms with E-state index in [1.807, 2.05) is 31.2 Å². The Labute approximate surface area is 128 Å². The van der Waals surface area contributed by atoms with Gasteiger partial charge >= 0.3 is 0 Å². The van der Waals surface area contributed by atoms with Gasteiger partial charge in [0.05, 0.1) is 12.4 Å². The molecule has 0 fully saturated rings. The number of carbonyl (C=O) groups is 1. The van der Waals surface area contributed by atoms with Crippen molar-refractivity contribution in [1.29, 1.82) is 0 Å². The van der Waals surface area contributed by atoms with Crippen LogP contribution in [0, 0.1) is 0 Å². The molecule has 2 rings (SSSR count). The number of methoxy groups -OCH3 is 1. The Morgan fingerprint density at radius 3 is 2.62 bits per heavy atom. The van der Waals surface area contributed by atoms with Gasteiger partial charge in [-0.3, -0.25) is 4.79 Å². The summed E-state index contributed by atoms with van der Waals surface area (Å²) in [7, 11) is 1.63. The SMILES string of the molecule is COc1cccc(SC(C)C(=O)Nc2ccc(N)cc2)c1. The number of nitrogens with two attached hydrogens (primary N) is 1. The van der Waals surface area contributed by atoms with E-state index in [0.717, 1.165) is 16.3 Å². The lowest BCUT2D eigenvalue weighted by molar-refractivity contribution is -0.115. The van der Waals surface area contributed by atoms with Crippen molar-refractivity contribution >= 4 is 29.0 Å². The number of amides is 1. The first kappa shape index (κ1) is 15.3. The lowest BCUT2D eigenvalue weighted by atomic mass is 10.3. The molecule has 0 bridgehead atoms. The fourth-order valence-electron chi connectivity index (χ4n) is 1.74. The molecule has 1 atom stereocenters. The molecule has 0 aliphatic heterocycles. The van der Waals surface area contributed by atoms with Crippen molar-refractivity contribution in [3.63, 3.8) is 0 Å². The highest BCUT2D eigenvalue weighted by atomic mass is 32.2. The van der Waals surface area contributed by atoms with Crippen LogP contribution in [0.2, 0.25) is 0 Å². The molecule has 0 aliphatic carbocycles. The van der Waals surface area contributed by atoms with E-state index >= 15 is 0 Å². The van der Waals surface area contributed by atoms with Gasteiger partial charge in [-0.25, -0.2) is 0 Å². The second-order valence-electron chi connectivity index (χ2n) is 4.55. The molecule has 2 aromatic rings. The Bertz CT molecular complexity index is 614. The van der Waals surface area contributed by atoms with Gasteiger partial charge in [0, 0.05) is 16.3 Å². The lowest BCUT2D eigenvalue weighted by Gasteiger charge is -2.12. The van der Waals surface area contributed by atoms with Gasteiger partial charge in [-0.2, -0.15) is 0 Å². The smallest absolute Gasteiger partial charge is 0.237 e. The molecule has 4 nitrogen and oxygen atoms in total. The minimum atomic E-state index is -0.213. The average molecular weight is 302 g/mol. The van der Waals surface area contributed by atoms with Gasteiger partial charge in [0.15, 0.2) is 0 Å². The molecule has 3 N–H and O–H groups in total. The number of thioether (sulfide) groups is 1. The van der Waals surface area contributed by atoms with Crippen LogP contribution < -0.4 is 15.8 Å². The Balaban J connectivity index is 1.97. The van der Waals surface area contributed by atoms with Crippen LogP contribution in [-0.2, 0) is 4.79 Å². The van der Waals surface area contributed by atoms with Gasteiger partial charge in [-0.15, -0.1) is 11.8 Å². The van der Waals surface area contributed by atoms with Gasteiger partial charge in [0.25, 0.3) is 0 Å². The van der Waals surface area contributed by atoms with Crippen molar-refractivity contribution in [2.24, 2.45) is 0 Å². The summed E-state index contributed by atoms with van der Waals surface area (Å²) in [5.41, 5.74) is 7.03. The number of rotatable bonds is 5. The third kappa shape index (κ3) is 4.43. The van der Waals surface area contributed by atoms with E-state index in [0.29, 0.717) is 5.69 Å². The Hall–Kier alpha value is -2.14. The van der Waals surface area contributed by atoms with Gasteiger partial charge < -0.3 is 15.8 Å². The van der Waals surface area contributed by atoms with E-state index in [1.165, 1.54) is 11.8 Å². The zero-order valence-electron chi connectivity index (χ0n) is 12.0. The quantitative estimate of drug-likeness (QED) is 0.656. The minimum Gasteiger partial charge on any atom is -0.497 e. The van der Waals surface area contributed by atoms with Crippen molar-refractivity contribution in [3.8, 4) is 5.75 Å². The highest BCUT2D eigenvalue weighted by molar-refractivity contribution is 8.00. The predicted octanol–water partition coefficient (Wildman–Crippen LogP) is 3.40. The van der Waals surface area contributed by atoms with Crippen LogP contribution in [0.25, 0.3) is 0 Å². The number of benzene rings is 2. The number of carbonyl (C=O) groups excluding carboxylic acids is 1. The third-order valence-corrected chi connectivity index (χ3v) is 4.00. The second kappa shape index (κ2) is 7.04. The van der Waals surface area contributed by atoms with Crippen LogP contribution in [0.15, 0.2) is 53.4 Å². The summed E-state index contributed by atoms with van der Waals surface area (Å²) in [5, 5.41) is 2.66. The van der Waals surface area contributed by atoms with Crippen molar-refractivity contribution in [2.75, 3.05) is 18.2 Å². The van der Waals surface area contributed by atoms with E-state index in [9.17, 15) is 4.79 Å². The van der Waals surface area contributed by atoms with Gasteiger partial charge in [-0.05, 0) is 49.4 Å². The maximum Gasteiger partial charge on any atom is 0.237 e. The molecule has 0 aliphatic rings. The van der Waals surface area contributed by atoms with Crippen molar-refractivity contribution in [3.05, 3.63) is 48.5 Å². The van der Waals surface area contributed by atoms with Crippen molar-refractivity contribution < 1.29 is 9.53 Å². The maximum absolute atomic E-state index is 12.2. The largest absolute Gasteiger partial charge is 0.497 e. The normalized spacial score (nSPS) is 11.7. The highest BCUT2D eigenvalue weighted by Crippen LogP contribution is 2.27. The zero-order chi connectivity index (χ0) is 15.2. The molecule has 0 saturated carbocycles. The Kier molecular flexibility index (Phi) is 5.11. The first-order chi connectivity index (χ1) is 10.1. The van der Waals surface area contributed by atoms with Gasteiger partial charge in [0.2, 0.25) is 5.91 Å². The van der Waals surface area contributed by atoms with Crippen LogP contribution in [0.3, 0.4) is 0 Å². The Morgan fingerprint density at radius 2 is 1.95 bits per heavy atom. The average Bonchev–Trinajstić information content (AvgIpc) is 2.49. The van der Waals surface area contributed by atoms with Crippen LogP contribution in [-0.4, -0.2) is 18.3 Å². The molecule has 1 unspecified atom stereocenters. The summed E-state index contributed by atoms with van der Waals surface area (Å²) < 4.78 is 5.18. The van der Waals surface area contributed by atoms with E-state index in [1.54, 1.807) is 31.4 Å². The van der Waals surface area contributed by atoms with Crippen LogP contribution in [0.4, 0.5) is 11.4 Å². The molecule has 21 heavy (non-hydrogen) atoms. The predicted molar refractivity (Wildman–Crippen MR) is 87.8 cm³/mol. The highest BCUT2D eigenvalue weighted by Gasteiger charge is 2.14. The van der Waals surface area contributed by atoms with Crippen LogP contribution >= 0.6 is 11.8 Å². The summed E-state index contributed by atoms with van der Waals surface area (Å²) >= 11 is 1.49. The fraction of sp³-hybridized carbons (Fsp3) is 0.188. The second-order valence-corrected chi connectivity index (χ2v) is 5.96. The van der Waals surface area contributed by atoms with E-state index < -0.39 is 0 Å². The molecule has 0 saturated heterocycles. The molecule has 0 heterocycles. The number of ether oxygens (including phenoxy) is 1. The maximum atomic E-state index is 12.2. The molecule has 2 aromatic carbocycles. The molecular weight excluding hydrogens is 284 g/mol. The summed E-state index contributed by atoms with van der Waals surface area (Å²) in [6, 6.07) is 14.8. The molecule has 0 spiro atoms. The molecule has 110 valence electrons. The van der Waals surface area contributed by atoms with Gasteiger partial charge in [0.1, 0.15) is 5.75 Å². The molecule has 5 heteroatoms. The van der Waals surface area contributed by atoms with E-state index in [4.69, 9.17) is 10.5 Å². The monoisotopic (exact) mass is 302 g/mol. The molecule has 0 aromatic heterocycles. The number of hydrogen-bond donors (Lipinski definition) is 2. The molecule has 0 radical (unpaired) electrons. The number of hydrogen-bond acceptors (Lipinski definition) is 4. The third-order valence-electron chi connectivity index (χ3n) is 2.90. The first-order valence-electron chi connectivity index (χ1n) is 6.55. The fourth-order valence-corrected chi connectivity index (χ4v) is 2.66. The van der Waals surface area contributed by atoms with Crippen LogP contribution in [0.5, 0.6) is 5.75 Å². The first-order valence-corrected chi connectivity index (χ1v) is 7.43. The zero-order valence-corrected chi connectivity index (χ0v) is 12.8. The van der Waals surface area contributed by atoms with Gasteiger partial charge in [-0.1, -0.05) is 6.07 Å². The minimum absolute atomic E-state index is 0.0485. The van der Waals surface area contributed by atoms with E-state index in [-0.39, 0.29) is 11.2 Å². The number of anilines is 2. The molecular formula is C16H18N2O2S. The van der Waals surface area contributed by atoms with Crippen LogP contribution in [0.1, 0.15) is 6.92 Å². The number of nitrogens with one attached hydrogen (secondary N) is 1. The standard InChI is InChI=1S/C16H18N2O2S/c1-11(21-15-5-3-4-14(10-15)20-2)16(19)18-13-8-6-12(17)7-9-13/h3-11H,17H2,1-2H3,(H,18,19). The summed E-state index contributed by atoms with van der Waals surface area (Å²) in [4.78, 5) is 13.2.